The smallest absolute Gasteiger partial charge is 0.308 e. The summed E-state index contributed by atoms with van der Waals surface area (Å²) in [5.41, 5.74) is 2.07. The van der Waals surface area contributed by atoms with E-state index in [9.17, 15) is 9.59 Å². The van der Waals surface area contributed by atoms with Crippen LogP contribution >= 0.6 is 22.9 Å². The molecule has 0 fully saturated rings. The third-order valence-electron chi connectivity index (χ3n) is 4.02. The lowest BCUT2D eigenvalue weighted by atomic mass is 10.2. The highest BCUT2D eigenvalue weighted by molar-refractivity contribution is 7.15. The van der Waals surface area contributed by atoms with Crippen LogP contribution in [0.25, 0.3) is 22.1 Å². The maximum Gasteiger partial charge on any atom is 0.308 e. The number of ether oxygens (including phenoxy) is 2. The maximum atomic E-state index is 12.9. The number of hydrogen-bond donors (Lipinski definition) is 0. The van der Waals surface area contributed by atoms with Crippen molar-refractivity contribution < 1.29 is 14.3 Å². The highest BCUT2D eigenvalue weighted by Crippen LogP contribution is 2.37. The number of carbonyl (C=O) groups is 1. The Balaban J connectivity index is 1.88. The van der Waals surface area contributed by atoms with E-state index in [0.29, 0.717) is 27.4 Å². The van der Waals surface area contributed by atoms with Crippen molar-refractivity contribution in [2.45, 2.75) is 13.8 Å². The van der Waals surface area contributed by atoms with Crippen LogP contribution in [0.15, 0.2) is 41.2 Å². The molecule has 28 heavy (non-hydrogen) atoms. The van der Waals surface area contributed by atoms with Crippen molar-refractivity contribution >= 4 is 51.0 Å². The van der Waals surface area contributed by atoms with E-state index < -0.39 is 5.97 Å². The van der Waals surface area contributed by atoms with E-state index in [2.05, 4.69) is 4.98 Å². The molecule has 2 aromatic carbocycles. The van der Waals surface area contributed by atoms with Crippen LogP contribution < -0.4 is 19.6 Å². The highest BCUT2D eigenvalue weighted by atomic mass is 35.5. The Labute approximate surface area is 168 Å². The highest BCUT2D eigenvalue weighted by Gasteiger charge is 2.15. The molecule has 0 aliphatic carbocycles. The Morgan fingerprint density at radius 2 is 2.11 bits per heavy atom. The number of halogens is 1. The van der Waals surface area contributed by atoms with Gasteiger partial charge in [-0.15, -0.1) is 0 Å². The number of aromatic nitrogens is 2. The molecule has 0 bridgehead atoms. The summed E-state index contributed by atoms with van der Waals surface area (Å²) < 4.78 is 12.8. The fraction of sp³-hybridized carbons (Fsp3) is 0.150. The van der Waals surface area contributed by atoms with Gasteiger partial charge in [-0.05, 0) is 42.8 Å². The first-order valence-electron chi connectivity index (χ1n) is 8.54. The minimum atomic E-state index is -0.493. The van der Waals surface area contributed by atoms with Gasteiger partial charge in [-0.25, -0.2) is 9.38 Å². The second-order valence-electron chi connectivity index (χ2n) is 5.99. The Bertz CT molecular complexity index is 1330. The number of benzene rings is 2. The van der Waals surface area contributed by atoms with Crippen LogP contribution in [0.1, 0.15) is 19.4 Å². The third-order valence-corrected chi connectivity index (χ3v) is 5.27. The van der Waals surface area contributed by atoms with Crippen molar-refractivity contribution in [3.63, 3.8) is 0 Å². The number of thiazole rings is 1. The van der Waals surface area contributed by atoms with E-state index in [-0.39, 0.29) is 16.3 Å². The predicted octanol–water partition coefficient (Wildman–Crippen LogP) is 3.43. The molecule has 8 heteroatoms. The molecule has 0 atom stereocenters. The number of esters is 1. The Morgan fingerprint density at radius 1 is 1.32 bits per heavy atom. The standard InChI is InChI=1S/C20H15ClN2O4S/c1-3-26-16-9-12(8-13(21)18(16)27-11(2)24)10-17-19(25)23-15-7-5-4-6-14(15)22-20(23)28-17/h4-10H,3H2,1-2H3. The van der Waals surface area contributed by atoms with E-state index in [0.717, 1.165) is 11.0 Å². The zero-order valence-electron chi connectivity index (χ0n) is 15.1. The second-order valence-corrected chi connectivity index (χ2v) is 7.41. The molecule has 4 aromatic rings. The van der Waals surface area contributed by atoms with Crippen molar-refractivity contribution in [2.75, 3.05) is 6.61 Å². The van der Waals surface area contributed by atoms with Gasteiger partial charge in [0.1, 0.15) is 0 Å². The molecule has 0 N–H and O–H groups in total. The molecule has 2 aromatic heterocycles. The van der Waals surface area contributed by atoms with Gasteiger partial charge in [0.05, 0.1) is 27.2 Å². The van der Waals surface area contributed by atoms with Gasteiger partial charge >= 0.3 is 5.97 Å². The lowest BCUT2D eigenvalue weighted by molar-refractivity contribution is -0.132. The summed E-state index contributed by atoms with van der Waals surface area (Å²) in [5.74, 6) is 0.0194. The third kappa shape index (κ3) is 3.23. The van der Waals surface area contributed by atoms with Gasteiger partial charge in [0, 0.05) is 6.92 Å². The molecule has 0 saturated heterocycles. The van der Waals surface area contributed by atoms with Crippen LogP contribution in [0, 0.1) is 0 Å². The number of para-hydroxylation sites is 2. The lowest BCUT2D eigenvalue weighted by Gasteiger charge is -2.12. The van der Waals surface area contributed by atoms with Crippen LogP contribution in [0.5, 0.6) is 11.5 Å². The monoisotopic (exact) mass is 414 g/mol. The fourth-order valence-electron chi connectivity index (χ4n) is 2.94. The normalized spacial score (nSPS) is 12.0. The van der Waals surface area contributed by atoms with Gasteiger partial charge in [-0.2, -0.15) is 0 Å². The molecule has 0 aliphatic heterocycles. The van der Waals surface area contributed by atoms with Crippen molar-refractivity contribution in [2.24, 2.45) is 0 Å². The van der Waals surface area contributed by atoms with Crippen LogP contribution in [-0.4, -0.2) is 22.0 Å². The minimum Gasteiger partial charge on any atom is -0.490 e. The molecule has 0 amide bonds. The van der Waals surface area contributed by atoms with Crippen LogP contribution in [0.2, 0.25) is 5.02 Å². The largest absolute Gasteiger partial charge is 0.490 e. The molecule has 0 aliphatic rings. The Kier molecular flexibility index (Phi) is 4.78. The van der Waals surface area contributed by atoms with Gasteiger partial charge < -0.3 is 9.47 Å². The van der Waals surface area contributed by atoms with Gasteiger partial charge in [-0.3, -0.25) is 9.59 Å². The fourth-order valence-corrected chi connectivity index (χ4v) is 4.18. The molecular formula is C20H15ClN2O4S. The molecule has 0 unspecified atom stereocenters. The molecule has 4 rings (SSSR count). The van der Waals surface area contributed by atoms with Gasteiger partial charge in [0.2, 0.25) is 0 Å². The van der Waals surface area contributed by atoms with E-state index in [4.69, 9.17) is 21.1 Å². The van der Waals surface area contributed by atoms with E-state index >= 15 is 0 Å². The van der Waals surface area contributed by atoms with Crippen molar-refractivity contribution in [3.8, 4) is 11.5 Å². The number of nitrogens with zero attached hydrogens (tertiary/aromatic N) is 2. The van der Waals surface area contributed by atoms with Gasteiger partial charge in [0.25, 0.3) is 5.56 Å². The first kappa shape index (κ1) is 18.5. The van der Waals surface area contributed by atoms with E-state index in [1.54, 1.807) is 22.6 Å². The minimum absolute atomic E-state index is 0.146. The number of rotatable bonds is 4. The summed E-state index contributed by atoms with van der Waals surface area (Å²) in [6.45, 7) is 3.48. The quantitative estimate of drug-likeness (QED) is 0.378. The first-order chi connectivity index (χ1) is 13.5. The topological polar surface area (TPSA) is 69.9 Å². The average Bonchev–Trinajstić information content (AvgIpc) is 3.15. The summed E-state index contributed by atoms with van der Waals surface area (Å²) in [5, 5.41) is 0.228. The van der Waals surface area contributed by atoms with E-state index in [1.807, 2.05) is 31.2 Å². The van der Waals surface area contributed by atoms with Crippen LogP contribution in [-0.2, 0) is 4.79 Å². The number of carbonyl (C=O) groups excluding carboxylic acids is 1. The Morgan fingerprint density at radius 3 is 2.86 bits per heavy atom. The molecule has 0 spiro atoms. The van der Waals surface area contributed by atoms with Gasteiger partial charge in [-0.1, -0.05) is 35.1 Å². The summed E-state index contributed by atoms with van der Waals surface area (Å²) in [6, 6.07) is 10.8. The van der Waals surface area contributed by atoms with Gasteiger partial charge in [0.15, 0.2) is 16.5 Å². The maximum absolute atomic E-state index is 12.9. The Hall–Kier alpha value is -2.90. The zero-order valence-corrected chi connectivity index (χ0v) is 16.6. The molecule has 142 valence electrons. The second kappa shape index (κ2) is 7.26. The van der Waals surface area contributed by atoms with Crippen molar-refractivity contribution in [3.05, 3.63) is 61.9 Å². The van der Waals surface area contributed by atoms with Crippen molar-refractivity contribution in [1.29, 1.82) is 0 Å². The predicted molar refractivity (Wildman–Crippen MR) is 110 cm³/mol. The van der Waals surface area contributed by atoms with E-state index in [1.165, 1.54) is 18.3 Å². The molecule has 6 nitrogen and oxygen atoms in total. The van der Waals surface area contributed by atoms with Crippen LogP contribution in [0.3, 0.4) is 0 Å². The molecule has 0 saturated carbocycles. The SMILES string of the molecule is CCOc1cc(C=c2sc3nc4ccccc4n3c2=O)cc(Cl)c1OC(C)=O. The average molecular weight is 415 g/mol. The summed E-state index contributed by atoms with van der Waals surface area (Å²) in [6.07, 6.45) is 1.72. The summed E-state index contributed by atoms with van der Waals surface area (Å²) in [4.78, 5) is 29.3. The zero-order chi connectivity index (χ0) is 19.8. The molecule has 2 heterocycles. The van der Waals surface area contributed by atoms with Crippen molar-refractivity contribution in [1.82, 2.24) is 9.38 Å². The summed E-state index contributed by atoms with van der Waals surface area (Å²) >= 11 is 7.59. The number of fused-ring (bicyclic) bond motifs is 3. The summed E-state index contributed by atoms with van der Waals surface area (Å²) in [7, 11) is 0. The molecular weight excluding hydrogens is 400 g/mol. The van der Waals surface area contributed by atoms with Crippen LogP contribution in [0.4, 0.5) is 0 Å². The lowest BCUT2D eigenvalue weighted by Crippen LogP contribution is -2.22. The number of hydrogen-bond acceptors (Lipinski definition) is 6. The number of imidazole rings is 1. The molecule has 0 radical (unpaired) electrons. The first-order valence-corrected chi connectivity index (χ1v) is 9.74.